The van der Waals surface area contributed by atoms with Gasteiger partial charge in [0.05, 0.1) is 16.8 Å². The van der Waals surface area contributed by atoms with Crippen LogP contribution in [0, 0.1) is 5.92 Å². The lowest BCUT2D eigenvalue weighted by Gasteiger charge is -2.34. The maximum Gasteiger partial charge on any atom is 0.306 e. The highest BCUT2D eigenvalue weighted by Gasteiger charge is 2.37. The smallest absolute Gasteiger partial charge is 0.306 e. The fraction of sp³-hybridized carbons (Fsp3) is 0.323. The summed E-state index contributed by atoms with van der Waals surface area (Å²) >= 11 is 0. The van der Waals surface area contributed by atoms with E-state index in [-0.39, 0.29) is 24.0 Å². The summed E-state index contributed by atoms with van der Waals surface area (Å²) in [6.07, 6.45) is -0.00346. The summed E-state index contributed by atoms with van der Waals surface area (Å²) in [6.45, 7) is 11.2. The zero-order valence-electron chi connectivity index (χ0n) is 21.9. The molecule has 5 nitrogen and oxygen atoms in total. The number of nitrogens with zero attached hydrogens (tertiary/aromatic N) is 1. The van der Waals surface area contributed by atoms with E-state index >= 15 is 0 Å². The van der Waals surface area contributed by atoms with Crippen LogP contribution in [0.2, 0.25) is 0 Å². The average Bonchev–Trinajstić information content (AvgIpc) is 2.89. The monoisotopic (exact) mass is 519 g/mol. The summed E-state index contributed by atoms with van der Waals surface area (Å²) in [4.78, 5) is 14.8. The fourth-order valence-corrected chi connectivity index (χ4v) is 6.77. The van der Waals surface area contributed by atoms with Crippen molar-refractivity contribution in [3.05, 3.63) is 114 Å². The molecule has 3 aromatic carbocycles. The highest BCUT2D eigenvalue weighted by atomic mass is 32.2. The van der Waals surface area contributed by atoms with Gasteiger partial charge in [0, 0.05) is 25.6 Å². The van der Waals surface area contributed by atoms with Crippen LogP contribution in [0.25, 0.3) is 0 Å². The average molecular weight is 520 g/mol. The SMILES string of the molecule is C=C(CN(Cc1ccccc1)[C@@H](C)c1ccccc1)[C@H]([C@H](C)CC(=O)OCC)S(=O)(=O)c1ccccc1. The van der Waals surface area contributed by atoms with Crippen molar-refractivity contribution in [2.24, 2.45) is 5.92 Å². The number of hydrogen-bond donors (Lipinski definition) is 0. The van der Waals surface area contributed by atoms with E-state index < -0.39 is 27.0 Å². The molecule has 3 rings (SSSR count). The van der Waals surface area contributed by atoms with Crippen LogP contribution in [-0.4, -0.2) is 37.7 Å². The van der Waals surface area contributed by atoms with Gasteiger partial charge in [-0.05, 0) is 48.6 Å². The third-order valence-electron chi connectivity index (χ3n) is 6.58. The third-order valence-corrected chi connectivity index (χ3v) is 8.98. The molecule has 0 aromatic heterocycles. The Morgan fingerprint density at radius 1 is 0.892 bits per heavy atom. The summed E-state index contributed by atoms with van der Waals surface area (Å²) < 4.78 is 32.9. The molecule has 6 heteroatoms. The van der Waals surface area contributed by atoms with Gasteiger partial charge in [0.1, 0.15) is 0 Å². The minimum Gasteiger partial charge on any atom is -0.466 e. The molecule has 3 atom stereocenters. The maximum atomic E-state index is 13.9. The van der Waals surface area contributed by atoms with Gasteiger partial charge in [0.15, 0.2) is 9.84 Å². The first kappa shape index (κ1) is 28.4. The van der Waals surface area contributed by atoms with Gasteiger partial charge < -0.3 is 4.74 Å². The normalized spacial score (nSPS) is 14.1. The molecule has 0 bridgehead atoms. The van der Waals surface area contributed by atoms with Gasteiger partial charge in [0.25, 0.3) is 0 Å². The van der Waals surface area contributed by atoms with Crippen molar-refractivity contribution in [1.82, 2.24) is 4.90 Å². The Morgan fingerprint density at radius 3 is 2.00 bits per heavy atom. The standard InChI is InChI=1S/C31H37NO4S/c1-5-36-30(33)21-24(2)31(37(34,35)29-19-13-8-14-20-29)25(3)22-32(23-27-15-9-6-10-16-27)26(4)28-17-11-7-12-18-28/h6-20,24,26,31H,3,5,21-23H2,1-2,4H3/t24-,26+,31+/m1/s1. The van der Waals surface area contributed by atoms with E-state index in [1.807, 2.05) is 36.4 Å². The van der Waals surface area contributed by atoms with Crippen LogP contribution in [0.5, 0.6) is 0 Å². The van der Waals surface area contributed by atoms with Gasteiger partial charge in [-0.1, -0.05) is 92.4 Å². The molecule has 0 aliphatic carbocycles. The number of carbonyl (C=O) groups is 1. The van der Waals surface area contributed by atoms with Gasteiger partial charge in [0.2, 0.25) is 0 Å². The van der Waals surface area contributed by atoms with Crippen LogP contribution < -0.4 is 0 Å². The van der Waals surface area contributed by atoms with E-state index in [1.54, 1.807) is 44.2 Å². The van der Waals surface area contributed by atoms with Crippen LogP contribution >= 0.6 is 0 Å². The topological polar surface area (TPSA) is 63.7 Å². The van der Waals surface area contributed by atoms with Crippen LogP contribution in [0.15, 0.2) is 108 Å². The number of benzene rings is 3. The molecule has 37 heavy (non-hydrogen) atoms. The molecule has 0 aliphatic heterocycles. The zero-order chi connectivity index (χ0) is 26.8. The largest absolute Gasteiger partial charge is 0.466 e. The third kappa shape index (κ3) is 7.63. The van der Waals surface area contributed by atoms with Crippen molar-refractivity contribution in [2.45, 2.75) is 49.9 Å². The predicted molar refractivity (Wildman–Crippen MR) is 149 cm³/mol. The van der Waals surface area contributed by atoms with Crippen LogP contribution in [0.1, 0.15) is 44.4 Å². The van der Waals surface area contributed by atoms with Gasteiger partial charge in [-0.25, -0.2) is 8.42 Å². The molecule has 0 aliphatic rings. The molecule has 3 aromatic rings. The number of rotatable bonds is 13. The highest BCUT2D eigenvalue weighted by Crippen LogP contribution is 2.32. The van der Waals surface area contributed by atoms with E-state index in [1.165, 1.54) is 0 Å². The van der Waals surface area contributed by atoms with E-state index in [9.17, 15) is 13.2 Å². The Balaban J connectivity index is 1.97. The molecule has 0 radical (unpaired) electrons. The van der Waals surface area contributed by atoms with Gasteiger partial charge in [-0.15, -0.1) is 0 Å². The second-order valence-electron chi connectivity index (χ2n) is 9.40. The van der Waals surface area contributed by atoms with Crippen LogP contribution in [0.4, 0.5) is 0 Å². The Labute approximate surface area is 221 Å². The molecule has 196 valence electrons. The fourth-order valence-electron chi connectivity index (χ4n) is 4.72. The minimum atomic E-state index is -3.80. The number of hydrogen-bond acceptors (Lipinski definition) is 5. The zero-order valence-corrected chi connectivity index (χ0v) is 22.7. The lowest BCUT2D eigenvalue weighted by Crippen LogP contribution is -2.38. The Morgan fingerprint density at radius 2 is 1.43 bits per heavy atom. The lowest BCUT2D eigenvalue weighted by atomic mass is 9.96. The Kier molecular flexibility index (Phi) is 10.2. The first-order chi connectivity index (χ1) is 17.7. The first-order valence-electron chi connectivity index (χ1n) is 12.7. The summed E-state index contributed by atoms with van der Waals surface area (Å²) in [5.41, 5.74) is 2.81. The molecule has 0 unspecified atom stereocenters. The van der Waals surface area contributed by atoms with E-state index in [0.29, 0.717) is 18.7 Å². The van der Waals surface area contributed by atoms with Crippen molar-refractivity contribution in [1.29, 1.82) is 0 Å². The second kappa shape index (κ2) is 13.4. The van der Waals surface area contributed by atoms with E-state index in [4.69, 9.17) is 4.74 Å². The summed E-state index contributed by atoms with van der Waals surface area (Å²) in [7, 11) is -3.80. The lowest BCUT2D eigenvalue weighted by molar-refractivity contribution is -0.144. The maximum absolute atomic E-state index is 13.9. The Hall–Kier alpha value is -3.22. The van der Waals surface area contributed by atoms with Crippen molar-refractivity contribution in [3.8, 4) is 0 Å². The van der Waals surface area contributed by atoms with Crippen molar-refractivity contribution >= 4 is 15.8 Å². The molecule has 0 saturated carbocycles. The number of ether oxygens (including phenoxy) is 1. The summed E-state index contributed by atoms with van der Waals surface area (Å²) in [5.74, 6) is -0.919. The van der Waals surface area contributed by atoms with E-state index in [2.05, 4.69) is 42.7 Å². The minimum absolute atomic E-state index is 0.00346. The number of carbonyl (C=O) groups excluding carboxylic acids is 1. The second-order valence-corrected chi connectivity index (χ2v) is 11.5. The number of esters is 1. The van der Waals surface area contributed by atoms with Gasteiger partial charge in [-0.3, -0.25) is 9.69 Å². The van der Waals surface area contributed by atoms with Crippen molar-refractivity contribution in [2.75, 3.05) is 13.2 Å². The molecular weight excluding hydrogens is 482 g/mol. The quantitative estimate of drug-likeness (QED) is 0.198. The van der Waals surface area contributed by atoms with E-state index in [0.717, 1.165) is 11.1 Å². The number of sulfone groups is 1. The van der Waals surface area contributed by atoms with Crippen molar-refractivity contribution in [3.63, 3.8) is 0 Å². The summed E-state index contributed by atoms with van der Waals surface area (Å²) in [5, 5.41) is -0.944. The molecule has 0 saturated heterocycles. The first-order valence-corrected chi connectivity index (χ1v) is 14.2. The Bertz CT molecular complexity index is 1240. The van der Waals surface area contributed by atoms with Crippen molar-refractivity contribution < 1.29 is 17.9 Å². The molecule has 0 amide bonds. The van der Waals surface area contributed by atoms with Crippen LogP contribution in [-0.2, 0) is 25.9 Å². The van der Waals surface area contributed by atoms with Crippen LogP contribution in [0.3, 0.4) is 0 Å². The van der Waals surface area contributed by atoms with Gasteiger partial charge in [-0.2, -0.15) is 0 Å². The predicted octanol–water partition coefficient (Wildman–Crippen LogP) is 6.24. The molecular formula is C31H37NO4S. The molecule has 0 spiro atoms. The molecule has 0 N–H and O–H groups in total. The summed E-state index contributed by atoms with van der Waals surface area (Å²) in [6, 6.07) is 28.7. The van der Waals surface area contributed by atoms with Gasteiger partial charge >= 0.3 is 5.97 Å². The molecule has 0 heterocycles. The highest BCUT2D eigenvalue weighted by molar-refractivity contribution is 7.92. The molecule has 0 fully saturated rings.